The molecule has 0 aliphatic rings. The van der Waals surface area contributed by atoms with Crippen LogP contribution in [-0.2, 0) is 11.2 Å². The van der Waals surface area contributed by atoms with Crippen LogP contribution in [0.15, 0.2) is 18.3 Å². The van der Waals surface area contributed by atoms with Gasteiger partial charge in [0.25, 0.3) is 0 Å². The first-order valence-electron chi connectivity index (χ1n) is 5.02. The SMILES string of the molecule is CC(=O)CCc1c[nH]c2c(Cl)cc(Cl)cc12. The molecule has 84 valence electrons. The van der Waals surface area contributed by atoms with E-state index in [2.05, 4.69) is 4.98 Å². The fourth-order valence-electron chi connectivity index (χ4n) is 1.73. The maximum atomic E-state index is 10.9. The van der Waals surface area contributed by atoms with Crippen molar-refractivity contribution in [2.24, 2.45) is 0 Å². The second kappa shape index (κ2) is 4.48. The highest BCUT2D eigenvalue weighted by Gasteiger charge is 2.08. The molecule has 0 saturated heterocycles. The van der Waals surface area contributed by atoms with Crippen molar-refractivity contribution in [3.05, 3.63) is 33.9 Å². The van der Waals surface area contributed by atoms with E-state index in [9.17, 15) is 4.79 Å². The number of ketones is 1. The molecule has 0 atom stereocenters. The van der Waals surface area contributed by atoms with Crippen LogP contribution in [-0.4, -0.2) is 10.8 Å². The summed E-state index contributed by atoms with van der Waals surface area (Å²) in [4.78, 5) is 14.1. The Hall–Kier alpha value is -0.990. The summed E-state index contributed by atoms with van der Waals surface area (Å²) >= 11 is 12.0. The van der Waals surface area contributed by atoms with Crippen molar-refractivity contribution in [3.63, 3.8) is 0 Å². The Morgan fingerprint density at radius 1 is 1.38 bits per heavy atom. The molecule has 0 bridgehead atoms. The normalized spacial score (nSPS) is 10.9. The summed E-state index contributed by atoms with van der Waals surface area (Å²) in [5.41, 5.74) is 1.96. The van der Waals surface area contributed by atoms with Gasteiger partial charge in [0.15, 0.2) is 0 Å². The molecule has 0 saturated carbocycles. The maximum Gasteiger partial charge on any atom is 0.130 e. The number of aromatic amines is 1. The standard InChI is InChI=1S/C12H11Cl2NO/c1-7(16)2-3-8-6-15-12-10(8)4-9(13)5-11(12)14/h4-6,15H,2-3H2,1H3. The lowest BCUT2D eigenvalue weighted by molar-refractivity contribution is -0.116. The van der Waals surface area contributed by atoms with E-state index in [0.717, 1.165) is 16.5 Å². The van der Waals surface area contributed by atoms with Crippen molar-refractivity contribution in [2.45, 2.75) is 19.8 Å². The van der Waals surface area contributed by atoms with Crippen LogP contribution in [0.25, 0.3) is 10.9 Å². The Morgan fingerprint density at radius 2 is 2.12 bits per heavy atom. The molecule has 2 rings (SSSR count). The van der Waals surface area contributed by atoms with Gasteiger partial charge in [-0.2, -0.15) is 0 Å². The summed E-state index contributed by atoms with van der Waals surface area (Å²) in [5, 5.41) is 2.22. The molecule has 0 unspecified atom stereocenters. The molecule has 0 aliphatic carbocycles. The number of Topliss-reactive ketones (excluding diaryl/α,β-unsaturated/α-hetero) is 1. The van der Waals surface area contributed by atoms with Crippen molar-refractivity contribution < 1.29 is 4.79 Å². The highest BCUT2D eigenvalue weighted by atomic mass is 35.5. The lowest BCUT2D eigenvalue weighted by atomic mass is 10.1. The molecule has 2 aromatic rings. The molecule has 0 radical (unpaired) electrons. The van der Waals surface area contributed by atoms with Crippen molar-refractivity contribution in [1.82, 2.24) is 4.98 Å². The number of H-pyrrole nitrogens is 1. The zero-order chi connectivity index (χ0) is 11.7. The molecular formula is C12H11Cl2NO. The van der Waals surface area contributed by atoms with Crippen LogP contribution < -0.4 is 0 Å². The van der Waals surface area contributed by atoms with E-state index in [-0.39, 0.29) is 5.78 Å². The number of carbonyl (C=O) groups is 1. The number of fused-ring (bicyclic) bond motifs is 1. The van der Waals surface area contributed by atoms with Gasteiger partial charge in [0.1, 0.15) is 5.78 Å². The quantitative estimate of drug-likeness (QED) is 0.884. The highest BCUT2D eigenvalue weighted by molar-refractivity contribution is 6.38. The third-order valence-corrected chi connectivity index (χ3v) is 3.05. The Kier molecular flexibility index (Phi) is 3.22. The molecule has 1 N–H and O–H groups in total. The van der Waals surface area contributed by atoms with Crippen LogP contribution in [0.1, 0.15) is 18.9 Å². The van der Waals surface area contributed by atoms with Gasteiger partial charge in [-0.1, -0.05) is 23.2 Å². The van der Waals surface area contributed by atoms with E-state index in [4.69, 9.17) is 23.2 Å². The molecule has 0 spiro atoms. The van der Waals surface area contributed by atoms with Gasteiger partial charge in [0.2, 0.25) is 0 Å². The van der Waals surface area contributed by atoms with E-state index in [1.807, 2.05) is 12.3 Å². The largest absolute Gasteiger partial charge is 0.360 e. The number of rotatable bonds is 3. The minimum absolute atomic E-state index is 0.183. The highest BCUT2D eigenvalue weighted by Crippen LogP contribution is 2.29. The molecule has 1 aromatic heterocycles. The Morgan fingerprint density at radius 3 is 2.81 bits per heavy atom. The molecule has 1 heterocycles. The smallest absolute Gasteiger partial charge is 0.130 e. The molecule has 0 amide bonds. The monoisotopic (exact) mass is 255 g/mol. The average Bonchev–Trinajstić information content (AvgIpc) is 2.58. The first-order chi connectivity index (χ1) is 7.58. The van der Waals surface area contributed by atoms with Gasteiger partial charge in [-0.05, 0) is 31.0 Å². The number of hydrogen-bond donors (Lipinski definition) is 1. The van der Waals surface area contributed by atoms with Crippen molar-refractivity contribution in [2.75, 3.05) is 0 Å². The minimum atomic E-state index is 0.183. The van der Waals surface area contributed by atoms with Gasteiger partial charge in [0.05, 0.1) is 10.5 Å². The van der Waals surface area contributed by atoms with Crippen LogP contribution in [0.3, 0.4) is 0 Å². The van der Waals surface area contributed by atoms with E-state index in [1.165, 1.54) is 0 Å². The van der Waals surface area contributed by atoms with Crippen molar-refractivity contribution in [3.8, 4) is 0 Å². The molecule has 4 heteroatoms. The number of hydrogen-bond acceptors (Lipinski definition) is 1. The first kappa shape index (κ1) is 11.5. The lowest BCUT2D eigenvalue weighted by Crippen LogP contribution is -1.92. The van der Waals surface area contributed by atoms with Crippen molar-refractivity contribution >= 4 is 39.9 Å². The van der Waals surface area contributed by atoms with Gasteiger partial charge in [-0.25, -0.2) is 0 Å². The number of halogens is 2. The summed E-state index contributed by atoms with van der Waals surface area (Å²) in [5.74, 6) is 0.183. The predicted octanol–water partition coefficient (Wildman–Crippen LogP) is 4.00. The van der Waals surface area contributed by atoms with E-state index in [0.29, 0.717) is 22.9 Å². The van der Waals surface area contributed by atoms with Gasteiger partial charge in [0, 0.05) is 23.0 Å². The number of benzene rings is 1. The van der Waals surface area contributed by atoms with E-state index < -0.39 is 0 Å². The fourth-order valence-corrected chi connectivity index (χ4v) is 2.28. The molecule has 0 aliphatic heterocycles. The van der Waals surface area contributed by atoms with Crippen LogP contribution >= 0.6 is 23.2 Å². The fraction of sp³-hybridized carbons (Fsp3) is 0.250. The minimum Gasteiger partial charge on any atom is -0.360 e. The van der Waals surface area contributed by atoms with Gasteiger partial charge in [-0.15, -0.1) is 0 Å². The van der Waals surface area contributed by atoms with Gasteiger partial charge in [-0.3, -0.25) is 0 Å². The number of aromatic nitrogens is 1. The zero-order valence-corrected chi connectivity index (χ0v) is 10.3. The summed E-state index contributed by atoms with van der Waals surface area (Å²) in [6.45, 7) is 1.59. The Bertz CT molecular complexity index is 545. The Balaban J connectivity index is 2.43. The average molecular weight is 256 g/mol. The third-order valence-electron chi connectivity index (χ3n) is 2.54. The van der Waals surface area contributed by atoms with E-state index in [1.54, 1.807) is 13.0 Å². The molecular weight excluding hydrogens is 245 g/mol. The number of nitrogens with one attached hydrogen (secondary N) is 1. The van der Waals surface area contributed by atoms with Crippen LogP contribution in [0.2, 0.25) is 10.0 Å². The number of carbonyl (C=O) groups excluding carboxylic acids is 1. The molecule has 16 heavy (non-hydrogen) atoms. The summed E-state index contributed by atoms with van der Waals surface area (Å²) in [7, 11) is 0. The zero-order valence-electron chi connectivity index (χ0n) is 8.81. The Labute approximate surface area is 104 Å². The predicted molar refractivity (Wildman–Crippen MR) is 67.3 cm³/mol. The molecule has 1 aromatic carbocycles. The summed E-state index contributed by atoms with van der Waals surface area (Å²) < 4.78 is 0. The second-order valence-corrected chi connectivity index (χ2v) is 4.67. The maximum absolute atomic E-state index is 10.9. The molecule has 2 nitrogen and oxygen atoms in total. The lowest BCUT2D eigenvalue weighted by Gasteiger charge is -1.99. The van der Waals surface area contributed by atoms with Crippen LogP contribution in [0, 0.1) is 0 Å². The summed E-state index contributed by atoms with van der Waals surface area (Å²) in [6, 6.07) is 3.57. The first-order valence-corrected chi connectivity index (χ1v) is 5.78. The van der Waals surface area contributed by atoms with Gasteiger partial charge >= 0.3 is 0 Å². The topological polar surface area (TPSA) is 32.9 Å². The van der Waals surface area contributed by atoms with E-state index >= 15 is 0 Å². The number of aryl methyl sites for hydroxylation is 1. The summed E-state index contributed by atoms with van der Waals surface area (Å²) in [6.07, 6.45) is 3.14. The van der Waals surface area contributed by atoms with Crippen molar-refractivity contribution in [1.29, 1.82) is 0 Å². The van der Waals surface area contributed by atoms with Crippen LogP contribution in [0.5, 0.6) is 0 Å². The van der Waals surface area contributed by atoms with Crippen LogP contribution in [0.4, 0.5) is 0 Å². The third kappa shape index (κ3) is 2.23. The molecule has 0 fully saturated rings. The van der Waals surface area contributed by atoms with Gasteiger partial charge < -0.3 is 9.78 Å². The second-order valence-electron chi connectivity index (χ2n) is 3.83.